The lowest BCUT2D eigenvalue weighted by Gasteiger charge is -2.37. The summed E-state index contributed by atoms with van der Waals surface area (Å²) in [5, 5.41) is 0. The molecule has 0 bridgehead atoms. The van der Waals surface area contributed by atoms with Crippen molar-refractivity contribution in [2.45, 2.75) is 45.7 Å². The molecule has 0 aromatic carbocycles. The summed E-state index contributed by atoms with van der Waals surface area (Å²) >= 11 is 0. The van der Waals surface area contributed by atoms with E-state index in [1.807, 2.05) is 0 Å². The first kappa shape index (κ1) is 12.3. The van der Waals surface area contributed by atoms with Gasteiger partial charge in [-0.2, -0.15) is 0 Å². The van der Waals surface area contributed by atoms with Crippen molar-refractivity contribution in [2.24, 2.45) is 17.1 Å². The first-order valence-electron chi connectivity index (χ1n) is 6.58. The van der Waals surface area contributed by atoms with Gasteiger partial charge in [-0.3, -0.25) is 4.90 Å². The Labute approximate surface area is 99.3 Å². The molecule has 0 radical (unpaired) electrons. The van der Waals surface area contributed by atoms with Crippen molar-refractivity contribution in [3.8, 4) is 0 Å². The van der Waals surface area contributed by atoms with Crippen LogP contribution in [0.3, 0.4) is 0 Å². The third-order valence-electron chi connectivity index (χ3n) is 4.54. The van der Waals surface area contributed by atoms with Crippen LogP contribution in [0, 0.1) is 11.3 Å². The third-order valence-corrected chi connectivity index (χ3v) is 4.54. The molecule has 1 heterocycles. The highest BCUT2D eigenvalue weighted by Gasteiger charge is 2.40. The van der Waals surface area contributed by atoms with E-state index in [-0.39, 0.29) is 0 Å². The van der Waals surface area contributed by atoms with Crippen LogP contribution in [-0.2, 0) is 4.74 Å². The van der Waals surface area contributed by atoms with Gasteiger partial charge in [0.15, 0.2) is 0 Å². The minimum Gasteiger partial charge on any atom is -0.379 e. The van der Waals surface area contributed by atoms with Gasteiger partial charge in [-0.1, -0.05) is 13.8 Å². The van der Waals surface area contributed by atoms with Crippen LogP contribution in [0.1, 0.15) is 33.6 Å². The highest BCUT2D eigenvalue weighted by atomic mass is 16.5. The molecule has 0 spiro atoms. The SMILES string of the molecule is CC1COCCN1CC1CCC(C)(C)C1N. The fraction of sp³-hybridized carbons (Fsp3) is 1.00. The van der Waals surface area contributed by atoms with Crippen LogP contribution >= 0.6 is 0 Å². The van der Waals surface area contributed by atoms with E-state index in [1.54, 1.807) is 0 Å². The van der Waals surface area contributed by atoms with Crippen LogP contribution in [0.2, 0.25) is 0 Å². The van der Waals surface area contributed by atoms with Crippen LogP contribution in [-0.4, -0.2) is 43.3 Å². The normalized spacial score (nSPS) is 40.1. The Balaban J connectivity index is 1.90. The van der Waals surface area contributed by atoms with Gasteiger partial charge < -0.3 is 10.5 Å². The van der Waals surface area contributed by atoms with Crippen molar-refractivity contribution in [1.29, 1.82) is 0 Å². The molecule has 16 heavy (non-hydrogen) atoms. The molecule has 94 valence electrons. The predicted molar refractivity (Wildman–Crippen MR) is 66.3 cm³/mol. The number of ether oxygens (including phenoxy) is 1. The zero-order valence-electron chi connectivity index (χ0n) is 10.9. The van der Waals surface area contributed by atoms with E-state index in [1.165, 1.54) is 12.8 Å². The lowest BCUT2D eigenvalue weighted by Crippen LogP contribution is -2.49. The third kappa shape index (κ3) is 2.41. The van der Waals surface area contributed by atoms with Crippen molar-refractivity contribution < 1.29 is 4.74 Å². The average Bonchev–Trinajstić information content (AvgIpc) is 2.49. The number of nitrogens with two attached hydrogens (primary N) is 1. The van der Waals surface area contributed by atoms with Gasteiger partial charge in [0.05, 0.1) is 13.2 Å². The second-order valence-electron chi connectivity index (χ2n) is 6.23. The molecule has 0 aromatic heterocycles. The topological polar surface area (TPSA) is 38.5 Å². The van der Waals surface area contributed by atoms with E-state index in [0.717, 1.165) is 26.3 Å². The second-order valence-corrected chi connectivity index (χ2v) is 6.23. The van der Waals surface area contributed by atoms with Crippen LogP contribution in [0.25, 0.3) is 0 Å². The summed E-state index contributed by atoms with van der Waals surface area (Å²) in [6.07, 6.45) is 2.57. The Kier molecular flexibility index (Phi) is 3.57. The number of rotatable bonds is 2. The van der Waals surface area contributed by atoms with Crippen molar-refractivity contribution >= 4 is 0 Å². The lowest BCUT2D eigenvalue weighted by molar-refractivity contribution is -0.00859. The number of hydrogen-bond donors (Lipinski definition) is 1. The highest BCUT2D eigenvalue weighted by Crippen LogP contribution is 2.40. The lowest BCUT2D eigenvalue weighted by atomic mass is 9.85. The quantitative estimate of drug-likeness (QED) is 0.775. The molecule has 2 rings (SSSR count). The fourth-order valence-electron chi connectivity index (χ4n) is 3.08. The smallest absolute Gasteiger partial charge is 0.0619 e. The maximum atomic E-state index is 6.36. The average molecular weight is 226 g/mol. The molecule has 3 heteroatoms. The molecule has 1 saturated carbocycles. The minimum absolute atomic E-state index is 0.334. The molecule has 2 aliphatic rings. The highest BCUT2D eigenvalue weighted by molar-refractivity contribution is 4.95. The summed E-state index contributed by atoms with van der Waals surface area (Å²) < 4.78 is 5.47. The fourth-order valence-corrected chi connectivity index (χ4v) is 3.08. The Bertz CT molecular complexity index is 242. The van der Waals surface area contributed by atoms with Gasteiger partial charge in [0.25, 0.3) is 0 Å². The Morgan fingerprint density at radius 3 is 2.75 bits per heavy atom. The molecular weight excluding hydrogens is 200 g/mol. The summed E-state index contributed by atoms with van der Waals surface area (Å²) in [6.45, 7) is 10.9. The molecule has 1 aliphatic carbocycles. The van der Waals surface area contributed by atoms with Crippen LogP contribution < -0.4 is 5.73 Å². The largest absolute Gasteiger partial charge is 0.379 e. The Morgan fingerprint density at radius 1 is 1.44 bits per heavy atom. The predicted octanol–water partition coefficient (Wildman–Crippen LogP) is 1.47. The summed E-state index contributed by atoms with van der Waals surface area (Å²) in [5.74, 6) is 0.676. The number of hydrogen-bond acceptors (Lipinski definition) is 3. The van der Waals surface area contributed by atoms with Crippen LogP contribution in [0.4, 0.5) is 0 Å². The Morgan fingerprint density at radius 2 is 2.19 bits per heavy atom. The summed E-state index contributed by atoms with van der Waals surface area (Å²) in [4.78, 5) is 2.55. The zero-order valence-corrected chi connectivity index (χ0v) is 10.9. The van der Waals surface area contributed by atoms with Crippen molar-refractivity contribution in [2.75, 3.05) is 26.3 Å². The van der Waals surface area contributed by atoms with Gasteiger partial charge in [-0.15, -0.1) is 0 Å². The molecule has 1 aliphatic heterocycles. The van der Waals surface area contributed by atoms with E-state index >= 15 is 0 Å². The molecule has 2 N–H and O–H groups in total. The molecule has 1 saturated heterocycles. The molecule has 3 unspecified atom stereocenters. The van der Waals surface area contributed by atoms with Gasteiger partial charge in [-0.05, 0) is 31.1 Å². The number of morpholine rings is 1. The summed E-state index contributed by atoms with van der Waals surface area (Å²) in [5.41, 5.74) is 6.69. The molecule has 2 fully saturated rings. The van der Waals surface area contributed by atoms with Crippen LogP contribution in [0.5, 0.6) is 0 Å². The first-order chi connectivity index (χ1) is 7.50. The molecule has 3 atom stereocenters. The first-order valence-corrected chi connectivity index (χ1v) is 6.58. The van der Waals surface area contributed by atoms with Crippen molar-refractivity contribution in [3.05, 3.63) is 0 Å². The van der Waals surface area contributed by atoms with Gasteiger partial charge in [0, 0.05) is 25.2 Å². The monoisotopic (exact) mass is 226 g/mol. The molecular formula is C13H26N2O. The zero-order chi connectivity index (χ0) is 11.8. The van der Waals surface area contributed by atoms with E-state index < -0.39 is 0 Å². The maximum absolute atomic E-state index is 6.36. The number of nitrogens with zero attached hydrogens (tertiary/aromatic N) is 1. The Hall–Kier alpha value is -0.120. The molecule has 0 amide bonds. The second kappa shape index (κ2) is 4.63. The van der Waals surface area contributed by atoms with Crippen LogP contribution in [0.15, 0.2) is 0 Å². The minimum atomic E-state index is 0.334. The maximum Gasteiger partial charge on any atom is 0.0619 e. The van der Waals surface area contributed by atoms with E-state index in [0.29, 0.717) is 23.4 Å². The molecule has 3 nitrogen and oxygen atoms in total. The van der Waals surface area contributed by atoms with Crippen molar-refractivity contribution in [3.63, 3.8) is 0 Å². The van der Waals surface area contributed by atoms with Gasteiger partial charge in [0.1, 0.15) is 0 Å². The summed E-state index contributed by atoms with van der Waals surface area (Å²) in [6, 6.07) is 0.923. The van der Waals surface area contributed by atoms with E-state index in [2.05, 4.69) is 25.7 Å². The van der Waals surface area contributed by atoms with E-state index in [9.17, 15) is 0 Å². The van der Waals surface area contributed by atoms with Gasteiger partial charge in [0.2, 0.25) is 0 Å². The van der Waals surface area contributed by atoms with E-state index in [4.69, 9.17) is 10.5 Å². The molecule has 0 aromatic rings. The van der Waals surface area contributed by atoms with Gasteiger partial charge >= 0.3 is 0 Å². The summed E-state index contributed by atoms with van der Waals surface area (Å²) in [7, 11) is 0. The van der Waals surface area contributed by atoms with Crippen molar-refractivity contribution in [1.82, 2.24) is 4.90 Å². The van der Waals surface area contributed by atoms with Gasteiger partial charge in [-0.25, -0.2) is 0 Å². The standard InChI is InChI=1S/C13H26N2O/c1-10-9-16-7-6-15(10)8-11-4-5-13(2,3)12(11)14/h10-12H,4-9,14H2,1-3H3.